The molecule has 9 nitrogen and oxygen atoms in total. The van der Waals surface area contributed by atoms with Gasteiger partial charge in [0.1, 0.15) is 0 Å². The van der Waals surface area contributed by atoms with Crippen molar-refractivity contribution in [2.75, 3.05) is 0 Å². The lowest BCUT2D eigenvalue weighted by Gasteiger charge is -2.04. The van der Waals surface area contributed by atoms with Gasteiger partial charge in [-0.15, -0.1) is 0 Å². The molecule has 0 aliphatic rings. The van der Waals surface area contributed by atoms with Crippen molar-refractivity contribution in [1.82, 2.24) is 9.78 Å². The van der Waals surface area contributed by atoms with Gasteiger partial charge in [0.05, 0.1) is 16.3 Å². The van der Waals surface area contributed by atoms with Crippen molar-refractivity contribution in [2.24, 2.45) is 0 Å². The van der Waals surface area contributed by atoms with E-state index >= 15 is 0 Å². The molecule has 1 heterocycles. The molecular weight excluding hydrogens is 336 g/mol. The molecule has 0 radical (unpaired) electrons. The first-order valence-electron chi connectivity index (χ1n) is 5.69. The van der Waals surface area contributed by atoms with E-state index in [0.29, 0.717) is 0 Å². The number of hydrogen-bond donors (Lipinski definition) is 3. The molecule has 1 aromatic carbocycles. The summed E-state index contributed by atoms with van der Waals surface area (Å²) in [6.45, 7) is 3.80. The van der Waals surface area contributed by atoms with Gasteiger partial charge in [-0.25, -0.2) is 4.68 Å². The standard InChI is InChI=1S/C11H12N2O3S.H2O4S/c1-8-7-9(2)13(12-8)10-3-5-11(6-4-10)17(14,15)16;1-5(2,3)4/h3-7H,1-2H3,(H,14,15,16);(H2,1,2,3,4). The van der Waals surface area contributed by atoms with Gasteiger partial charge in [0.15, 0.2) is 0 Å². The van der Waals surface area contributed by atoms with Gasteiger partial charge in [-0.3, -0.25) is 13.7 Å². The molecule has 0 saturated heterocycles. The summed E-state index contributed by atoms with van der Waals surface area (Å²) in [7, 11) is -8.80. The zero-order valence-corrected chi connectivity index (χ0v) is 13.2. The minimum absolute atomic E-state index is 0.122. The average molecular weight is 350 g/mol. The number of benzene rings is 1. The molecule has 0 unspecified atom stereocenters. The molecule has 122 valence electrons. The monoisotopic (exact) mass is 350 g/mol. The second kappa shape index (κ2) is 6.54. The SMILES string of the molecule is Cc1cc(C)n(-c2ccc(S(=O)(=O)O)cc2)n1.O=S(=O)(O)O. The highest BCUT2D eigenvalue weighted by atomic mass is 32.3. The number of nitrogens with zero attached hydrogens (tertiary/aromatic N) is 2. The van der Waals surface area contributed by atoms with Gasteiger partial charge >= 0.3 is 10.4 Å². The van der Waals surface area contributed by atoms with Crippen LogP contribution in [0.3, 0.4) is 0 Å². The van der Waals surface area contributed by atoms with E-state index in [1.807, 2.05) is 19.9 Å². The fourth-order valence-corrected chi connectivity index (χ4v) is 2.13. The molecule has 0 bridgehead atoms. The van der Waals surface area contributed by atoms with Gasteiger partial charge in [0, 0.05) is 5.69 Å². The highest BCUT2D eigenvalue weighted by Gasteiger charge is 2.10. The number of hydrogen-bond acceptors (Lipinski definition) is 5. The van der Waals surface area contributed by atoms with Crippen LogP contribution >= 0.6 is 0 Å². The lowest BCUT2D eigenvalue weighted by Crippen LogP contribution is -2.01. The molecular formula is C11H14N2O7S2. The first kappa shape index (κ1) is 18.3. The van der Waals surface area contributed by atoms with Crippen LogP contribution in [0.1, 0.15) is 11.4 Å². The predicted octanol–water partition coefficient (Wildman–Crippen LogP) is 1.08. The van der Waals surface area contributed by atoms with E-state index in [9.17, 15) is 8.42 Å². The summed E-state index contributed by atoms with van der Waals surface area (Å²) in [5.74, 6) is 0. The summed E-state index contributed by atoms with van der Waals surface area (Å²) in [5.41, 5.74) is 2.60. The second-order valence-corrected chi connectivity index (χ2v) is 6.57. The molecule has 2 aromatic rings. The Hall–Kier alpha value is -1.79. The Morgan fingerprint density at radius 3 is 1.73 bits per heavy atom. The van der Waals surface area contributed by atoms with Crippen LogP contribution in [0, 0.1) is 13.8 Å². The Bertz CT molecular complexity index is 844. The van der Waals surface area contributed by atoms with Crippen molar-refractivity contribution < 1.29 is 30.5 Å². The lowest BCUT2D eigenvalue weighted by molar-refractivity contribution is 0.381. The minimum Gasteiger partial charge on any atom is -0.282 e. The first-order chi connectivity index (χ1) is 9.88. The number of aromatic nitrogens is 2. The highest BCUT2D eigenvalue weighted by Crippen LogP contribution is 2.15. The molecule has 0 amide bonds. The highest BCUT2D eigenvalue weighted by molar-refractivity contribution is 7.85. The quantitative estimate of drug-likeness (QED) is 0.682. The van der Waals surface area contributed by atoms with Crippen LogP contribution in [0.25, 0.3) is 5.69 Å². The molecule has 0 atom stereocenters. The topological polar surface area (TPSA) is 147 Å². The van der Waals surface area contributed by atoms with Crippen molar-refractivity contribution in [3.63, 3.8) is 0 Å². The molecule has 3 N–H and O–H groups in total. The van der Waals surface area contributed by atoms with Crippen LogP contribution in [-0.2, 0) is 20.5 Å². The molecule has 0 spiro atoms. The molecule has 11 heteroatoms. The van der Waals surface area contributed by atoms with Gasteiger partial charge in [-0.2, -0.15) is 21.9 Å². The summed E-state index contributed by atoms with van der Waals surface area (Å²) >= 11 is 0. The summed E-state index contributed by atoms with van der Waals surface area (Å²) in [4.78, 5) is -0.122. The van der Waals surface area contributed by atoms with Crippen LogP contribution in [-0.4, -0.2) is 40.3 Å². The maximum Gasteiger partial charge on any atom is 0.394 e. The van der Waals surface area contributed by atoms with E-state index < -0.39 is 20.5 Å². The maximum absolute atomic E-state index is 10.9. The van der Waals surface area contributed by atoms with E-state index in [1.54, 1.807) is 16.8 Å². The zero-order valence-electron chi connectivity index (χ0n) is 11.6. The minimum atomic E-state index is -4.67. The van der Waals surface area contributed by atoms with E-state index in [1.165, 1.54) is 12.1 Å². The molecule has 2 rings (SSSR count). The van der Waals surface area contributed by atoms with Crippen LogP contribution in [0.15, 0.2) is 35.2 Å². The van der Waals surface area contributed by atoms with Crippen LogP contribution in [0.4, 0.5) is 0 Å². The Kier molecular flexibility index (Phi) is 5.43. The van der Waals surface area contributed by atoms with Gasteiger partial charge in [0.25, 0.3) is 10.1 Å². The summed E-state index contributed by atoms with van der Waals surface area (Å²) < 4.78 is 63.9. The van der Waals surface area contributed by atoms with E-state index in [2.05, 4.69) is 5.10 Å². The van der Waals surface area contributed by atoms with Crippen molar-refractivity contribution in [2.45, 2.75) is 18.7 Å². The Morgan fingerprint density at radius 1 is 0.955 bits per heavy atom. The van der Waals surface area contributed by atoms with Gasteiger partial charge in [0.2, 0.25) is 0 Å². The van der Waals surface area contributed by atoms with Crippen LogP contribution in [0.5, 0.6) is 0 Å². The van der Waals surface area contributed by atoms with E-state index in [-0.39, 0.29) is 4.90 Å². The fraction of sp³-hybridized carbons (Fsp3) is 0.182. The normalized spacial score (nSPS) is 11.7. The number of aryl methyl sites for hydroxylation is 2. The number of rotatable bonds is 2. The molecule has 1 aromatic heterocycles. The molecule has 0 fully saturated rings. The third-order valence-corrected chi connectivity index (χ3v) is 3.26. The van der Waals surface area contributed by atoms with Crippen molar-refractivity contribution in [3.05, 3.63) is 41.7 Å². The van der Waals surface area contributed by atoms with E-state index in [4.69, 9.17) is 22.1 Å². The zero-order chi connectivity index (χ0) is 17.1. The Balaban J connectivity index is 0.000000422. The Morgan fingerprint density at radius 2 is 1.41 bits per heavy atom. The third-order valence-electron chi connectivity index (χ3n) is 2.39. The Labute approximate surface area is 127 Å². The van der Waals surface area contributed by atoms with E-state index in [0.717, 1.165) is 17.1 Å². The first-order valence-corrected chi connectivity index (χ1v) is 8.53. The van der Waals surface area contributed by atoms with Crippen molar-refractivity contribution in [1.29, 1.82) is 0 Å². The van der Waals surface area contributed by atoms with Gasteiger partial charge < -0.3 is 0 Å². The van der Waals surface area contributed by atoms with Crippen LogP contribution < -0.4 is 0 Å². The van der Waals surface area contributed by atoms with Crippen LogP contribution in [0.2, 0.25) is 0 Å². The van der Waals surface area contributed by atoms with Crippen molar-refractivity contribution in [3.8, 4) is 5.69 Å². The summed E-state index contributed by atoms with van der Waals surface area (Å²) in [6, 6.07) is 7.82. The fourth-order valence-electron chi connectivity index (χ4n) is 1.65. The second-order valence-electron chi connectivity index (χ2n) is 4.26. The van der Waals surface area contributed by atoms with Gasteiger partial charge in [-0.05, 0) is 44.2 Å². The summed E-state index contributed by atoms with van der Waals surface area (Å²) in [5, 5.41) is 4.28. The smallest absolute Gasteiger partial charge is 0.282 e. The molecule has 0 aliphatic heterocycles. The molecule has 0 saturated carbocycles. The summed E-state index contributed by atoms with van der Waals surface area (Å²) in [6.07, 6.45) is 0. The third kappa shape index (κ3) is 5.91. The largest absolute Gasteiger partial charge is 0.394 e. The molecule has 0 aliphatic carbocycles. The molecule has 22 heavy (non-hydrogen) atoms. The predicted molar refractivity (Wildman–Crippen MR) is 77.0 cm³/mol. The van der Waals surface area contributed by atoms with Gasteiger partial charge in [-0.1, -0.05) is 0 Å². The lowest BCUT2D eigenvalue weighted by atomic mass is 10.3. The maximum atomic E-state index is 10.9. The van der Waals surface area contributed by atoms with Crippen molar-refractivity contribution >= 4 is 20.5 Å². The average Bonchev–Trinajstić information content (AvgIpc) is 2.65.